The number of hydrogen-bond donors (Lipinski definition) is 0. The van der Waals surface area contributed by atoms with Gasteiger partial charge in [-0.15, -0.1) is 0 Å². The first-order valence-electron chi connectivity index (χ1n) is 10.3. The molecule has 2 aromatic rings. The summed E-state index contributed by atoms with van der Waals surface area (Å²) in [6.07, 6.45) is 13.8. The van der Waals surface area contributed by atoms with Gasteiger partial charge in [0.25, 0.3) is 0 Å². The normalized spacial score (nSPS) is 11.4. The minimum Gasteiger partial charge on any atom is -0.334 e. The second-order valence-electron chi connectivity index (χ2n) is 7.55. The van der Waals surface area contributed by atoms with Gasteiger partial charge in [-0.2, -0.15) is 0 Å². The van der Waals surface area contributed by atoms with Crippen molar-refractivity contribution in [1.82, 2.24) is 9.55 Å². The van der Waals surface area contributed by atoms with Crippen LogP contribution in [-0.2, 0) is 19.4 Å². The van der Waals surface area contributed by atoms with Crippen molar-refractivity contribution in [3.05, 3.63) is 53.6 Å². The predicted octanol–water partition coefficient (Wildman–Crippen LogP) is 6.54. The summed E-state index contributed by atoms with van der Waals surface area (Å²) in [6.45, 7) is 7.92. The molecule has 1 heterocycles. The maximum absolute atomic E-state index is 4.93. The lowest BCUT2D eigenvalue weighted by Gasteiger charge is -2.09. The van der Waals surface area contributed by atoms with Crippen LogP contribution in [-0.4, -0.2) is 9.55 Å². The largest absolute Gasteiger partial charge is 0.334 e. The number of aromatic nitrogens is 2. The monoisotopic (exact) mass is 340 g/mol. The zero-order valence-corrected chi connectivity index (χ0v) is 16.5. The highest BCUT2D eigenvalue weighted by Crippen LogP contribution is 2.17. The third-order valence-electron chi connectivity index (χ3n) is 4.87. The molecular formula is C23H36N2. The van der Waals surface area contributed by atoms with E-state index >= 15 is 0 Å². The Morgan fingerprint density at radius 2 is 1.60 bits per heavy atom. The van der Waals surface area contributed by atoms with Crippen molar-refractivity contribution in [2.75, 3.05) is 0 Å². The molecule has 0 aliphatic rings. The fraction of sp³-hybridized carbons (Fsp3) is 0.609. The summed E-state index contributed by atoms with van der Waals surface area (Å²) >= 11 is 0. The second kappa shape index (κ2) is 11.1. The first-order chi connectivity index (χ1) is 12.2. The highest BCUT2D eigenvalue weighted by atomic mass is 15.1. The Bertz CT molecular complexity index is 583. The molecule has 0 radical (unpaired) electrons. The van der Waals surface area contributed by atoms with Crippen molar-refractivity contribution in [3.8, 4) is 0 Å². The average molecular weight is 341 g/mol. The van der Waals surface area contributed by atoms with Crippen LogP contribution in [0.15, 0.2) is 36.5 Å². The van der Waals surface area contributed by atoms with E-state index < -0.39 is 0 Å². The molecule has 0 atom stereocenters. The molecule has 0 aliphatic heterocycles. The van der Waals surface area contributed by atoms with E-state index in [0.717, 1.165) is 19.4 Å². The van der Waals surface area contributed by atoms with Crippen LogP contribution < -0.4 is 0 Å². The number of benzene rings is 1. The van der Waals surface area contributed by atoms with E-state index in [1.165, 1.54) is 62.0 Å². The summed E-state index contributed by atoms with van der Waals surface area (Å²) in [5, 5.41) is 0. The van der Waals surface area contributed by atoms with Gasteiger partial charge in [0, 0.05) is 18.7 Å². The molecule has 0 saturated heterocycles. The van der Waals surface area contributed by atoms with Crippen LogP contribution in [0.1, 0.15) is 88.7 Å². The molecule has 0 aliphatic carbocycles. The van der Waals surface area contributed by atoms with Crippen molar-refractivity contribution in [2.45, 2.75) is 91.0 Å². The zero-order valence-electron chi connectivity index (χ0n) is 16.5. The topological polar surface area (TPSA) is 17.8 Å². The summed E-state index contributed by atoms with van der Waals surface area (Å²) in [5.74, 6) is 1.77. The third kappa shape index (κ3) is 7.05. The van der Waals surface area contributed by atoms with Gasteiger partial charge in [0.15, 0.2) is 0 Å². The highest BCUT2D eigenvalue weighted by molar-refractivity contribution is 5.15. The molecule has 0 fully saturated rings. The Hall–Kier alpha value is -1.57. The number of nitrogens with zero attached hydrogens (tertiary/aromatic N) is 2. The van der Waals surface area contributed by atoms with Gasteiger partial charge in [0.05, 0.1) is 5.69 Å². The van der Waals surface area contributed by atoms with Crippen molar-refractivity contribution in [2.24, 2.45) is 0 Å². The lowest BCUT2D eigenvalue weighted by molar-refractivity contribution is 0.537. The van der Waals surface area contributed by atoms with Gasteiger partial charge in [0.1, 0.15) is 5.82 Å². The number of hydrogen-bond acceptors (Lipinski definition) is 1. The number of rotatable bonds is 12. The summed E-state index contributed by atoms with van der Waals surface area (Å²) < 4.78 is 2.42. The summed E-state index contributed by atoms with van der Waals surface area (Å²) in [6, 6.07) is 10.8. The molecule has 0 spiro atoms. The lowest BCUT2D eigenvalue weighted by Crippen LogP contribution is -2.04. The Labute approximate surface area is 154 Å². The maximum Gasteiger partial charge on any atom is 0.111 e. The second-order valence-corrected chi connectivity index (χ2v) is 7.55. The molecule has 2 nitrogen and oxygen atoms in total. The van der Waals surface area contributed by atoms with Crippen LogP contribution in [0.4, 0.5) is 0 Å². The fourth-order valence-corrected chi connectivity index (χ4v) is 3.43. The Balaban J connectivity index is 1.81. The number of imidazole rings is 1. The van der Waals surface area contributed by atoms with Crippen LogP contribution >= 0.6 is 0 Å². The molecule has 138 valence electrons. The van der Waals surface area contributed by atoms with Gasteiger partial charge < -0.3 is 4.57 Å². The van der Waals surface area contributed by atoms with E-state index in [9.17, 15) is 0 Å². The van der Waals surface area contributed by atoms with Crippen LogP contribution in [0.2, 0.25) is 0 Å². The molecule has 1 aromatic heterocycles. The van der Waals surface area contributed by atoms with Crippen molar-refractivity contribution in [1.29, 1.82) is 0 Å². The summed E-state index contributed by atoms with van der Waals surface area (Å²) in [4.78, 5) is 4.93. The quantitative estimate of drug-likeness (QED) is 0.401. The molecule has 0 saturated carbocycles. The molecule has 0 N–H and O–H groups in total. The van der Waals surface area contributed by atoms with E-state index in [1.807, 2.05) is 0 Å². The SMILES string of the molecule is CCCCCCCCn1cc(CCCc2ccccc2)nc1C(C)C. The average Bonchev–Trinajstić information content (AvgIpc) is 3.02. The Morgan fingerprint density at radius 3 is 2.32 bits per heavy atom. The molecule has 1 aromatic carbocycles. The maximum atomic E-state index is 4.93. The first-order valence-corrected chi connectivity index (χ1v) is 10.3. The third-order valence-corrected chi connectivity index (χ3v) is 4.87. The minimum absolute atomic E-state index is 0.503. The first kappa shape index (κ1) is 19.8. The van der Waals surface area contributed by atoms with Gasteiger partial charge in [-0.3, -0.25) is 0 Å². The summed E-state index contributed by atoms with van der Waals surface area (Å²) in [5.41, 5.74) is 2.70. The van der Waals surface area contributed by atoms with E-state index in [1.54, 1.807) is 0 Å². The molecule has 2 rings (SSSR count). The van der Waals surface area contributed by atoms with Gasteiger partial charge in [-0.05, 0) is 31.2 Å². The van der Waals surface area contributed by atoms with Crippen LogP contribution in [0, 0.1) is 0 Å². The molecule has 0 amide bonds. The Morgan fingerprint density at radius 1 is 0.880 bits per heavy atom. The summed E-state index contributed by atoms with van der Waals surface area (Å²) in [7, 11) is 0. The lowest BCUT2D eigenvalue weighted by atomic mass is 10.1. The number of aryl methyl sites for hydroxylation is 3. The fourth-order valence-electron chi connectivity index (χ4n) is 3.43. The zero-order chi connectivity index (χ0) is 17.9. The molecule has 0 bridgehead atoms. The van der Waals surface area contributed by atoms with Crippen molar-refractivity contribution in [3.63, 3.8) is 0 Å². The number of unbranched alkanes of at least 4 members (excludes halogenated alkanes) is 5. The minimum atomic E-state index is 0.503. The standard InChI is InChI=1S/C23H36N2/c1-4-5-6-7-8-12-18-25-19-22(24-23(25)20(2)3)17-13-16-21-14-10-9-11-15-21/h9-11,14-15,19-20H,4-8,12-13,16-18H2,1-3H3. The van der Waals surface area contributed by atoms with Crippen molar-refractivity contribution < 1.29 is 0 Å². The predicted molar refractivity (Wildman–Crippen MR) is 108 cm³/mol. The van der Waals surface area contributed by atoms with Gasteiger partial charge in [0.2, 0.25) is 0 Å². The van der Waals surface area contributed by atoms with Gasteiger partial charge in [-0.25, -0.2) is 4.98 Å². The smallest absolute Gasteiger partial charge is 0.111 e. The van der Waals surface area contributed by atoms with Crippen LogP contribution in [0.3, 0.4) is 0 Å². The van der Waals surface area contributed by atoms with E-state index in [4.69, 9.17) is 4.98 Å². The Kier molecular flexibility index (Phi) is 8.79. The van der Waals surface area contributed by atoms with Crippen LogP contribution in [0.5, 0.6) is 0 Å². The van der Waals surface area contributed by atoms with Crippen molar-refractivity contribution >= 4 is 0 Å². The molecular weight excluding hydrogens is 304 g/mol. The molecule has 0 unspecified atom stereocenters. The van der Waals surface area contributed by atoms with E-state index in [2.05, 4.69) is 61.9 Å². The van der Waals surface area contributed by atoms with Gasteiger partial charge >= 0.3 is 0 Å². The van der Waals surface area contributed by atoms with Gasteiger partial charge in [-0.1, -0.05) is 83.2 Å². The molecule has 2 heteroatoms. The highest BCUT2D eigenvalue weighted by Gasteiger charge is 2.11. The van der Waals surface area contributed by atoms with E-state index in [0.29, 0.717) is 5.92 Å². The van der Waals surface area contributed by atoms with Crippen LogP contribution in [0.25, 0.3) is 0 Å². The molecule has 25 heavy (non-hydrogen) atoms. The van der Waals surface area contributed by atoms with E-state index in [-0.39, 0.29) is 0 Å².